The Morgan fingerprint density at radius 1 is 0.536 bits per heavy atom. The molecule has 7 aromatic carbocycles. The van der Waals surface area contributed by atoms with Gasteiger partial charge in [-0.1, -0.05) is 55.5 Å². The summed E-state index contributed by atoms with van der Waals surface area (Å²) in [4.78, 5) is 68.0. The second-order valence-corrected chi connectivity index (χ2v) is 35.1. The van der Waals surface area contributed by atoms with E-state index in [1.54, 1.807) is 91.6 Å². The number of sulfonamides is 1. The van der Waals surface area contributed by atoms with E-state index < -0.39 is 115 Å². The lowest BCUT2D eigenvalue weighted by atomic mass is 9.86. The molecule has 15 aromatic rings. The number of H-pyrrole nitrogens is 3. The van der Waals surface area contributed by atoms with Gasteiger partial charge in [-0.3, -0.25) is 34.0 Å². The van der Waals surface area contributed by atoms with Gasteiger partial charge in [-0.15, -0.1) is 0 Å². The lowest BCUT2D eigenvalue weighted by molar-refractivity contribution is -0.121. The minimum atomic E-state index is -3.73. The van der Waals surface area contributed by atoms with Gasteiger partial charge >= 0.3 is 0 Å². The Hall–Kier alpha value is -13.1. The fourth-order valence-electron chi connectivity index (χ4n) is 16.6. The third-order valence-electron chi connectivity index (χ3n) is 22.3. The maximum Gasteiger partial charge on any atom is 0.293 e. The molecule has 640 valence electrons. The summed E-state index contributed by atoms with van der Waals surface area (Å²) >= 11 is 0. The molecule has 31 heteroatoms. The minimum absolute atomic E-state index is 0.00945. The molecule has 8 heterocycles. The van der Waals surface area contributed by atoms with Crippen LogP contribution in [0.2, 0.25) is 0 Å². The molecule has 125 heavy (non-hydrogen) atoms. The topological polar surface area (TPSA) is 260 Å². The van der Waals surface area contributed by atoms with Crippen LogP contribution in [-0.4, -0.2) is 91.8 Å². The Morgan fingerprint density at radius 3 is 1.65 bits per heavy atom. The average Bonchev–Trinajstić information content (AvgIpc) is 1.52. The van der Waals surface area contributed by atoms with Gasteiger partial charge in [0, 0.05) is 148 Å². The highest BCUT2D eigenvalue weighted by Gasteiger charge is 2.67. The average molecular weight is 1750 g/mol. The highest BCUT2D eigenvalue weighted by atomic mass is 32.2. The van der Waals surface area contributed by atoms with E-state index in [-0.39, 0.29) is 94.9 Å². The number of ketones is 2. The number of fused-ring (bicyclic) bond motifs is 6. The summed E-state index contributed by atoms with van der Waals surface area (Å²) in [5, 5.41) is 9.07. The highest BCUT2D eigenvalue weighted by molar-refractivity contribution is 7.91. The number of hydrogen-bond acceptors (Lipinski definition) is 12. The zero-order valence-corrected chi connectivity index (χ0v) is 68.6. The van der Waals surface area contributed by atoms with Gasteiger partial charge in [0.15, 0.2) is 15.6 Å². The monoisotopic (exact) mass is 1750 g/mol. The number of carbonyl (C=O) groups excluding carboxylic acids is 3. The van der Waals surface area contributed by atoms with Gasteiger partial charge in [0.25, 0.3) is 12.3 Å². The van der Waals surface area contributed by atoms with Gasteiger partial charge in [0.1, 0.15) is 70.1 Å². The van der Waals surface area contributed by atoms with Crippen LogP contribution < -0.4 is 10.0 Å². The number of halogens is 11. The first-order valence-electron chi connectivity index (χ1n) is 39.8. The van der Waals surface area contributed by atoms with Crippen molar-refractivity contribution in [1.82, 2.24) is 54.7 Å². The van der Waals surface area contributed by atoms with Gasteiger partial charge < -0.3 is 20.3 Å². The summed E-state index contributed by atoms with van der Waals surface area (Å²) in [5.41, 5.74) is 9.41. The molecule has 0 spiro atoms. The number of sulfone groups is 1. The second-order valence-electron chi connectivity index (χ2n) is 31.0. The zero-order chi connectivity index (χ0) is 88.3. The smallest absolute Gasteiger partial charge is 0.293 e. The number of rotatable bonds is 28. The van der Waals surface area contributed by atoms with E-state index in [4.69, 9.17) is 0 Å². The van der Waals surface area contributed by atoms with Crippen LogP contribution in [-0.2, 0) is 78.8 Å². The van der Waals surface area contributed by atoms with Gasteiger partial charge in [-0.05, 0) is 217 Å². The molecule has 2 unspecified atom stereocenters. The standard InChI is InChI=1S/C32H27F6N3O3S.C31H26F3N3O3S.C31H25F2N5O/c1-2-45(43,44)23-7-5-18(6-8-23)24-4-3-9-39-28(24)19(10-17-11-20(33)14-21(34)12-17)13-22(42)16-41-30-27(29(40-41)31(35)36)25-15-26(25)32(30,37)38;1-35-41(39,40)27-5-2-4-20(15-27)28-6-3-9-36-31(28)21(10-19-11-24(33)16-25(34)12-19)13-26(38)14-22-18-37-30-8-7-23(32)17-29(22)30;1-18-9-19(11-24(33)10-18)12-28(38-29(39)14-22-16-36-27-5-4-23(32)15-26(22)27)30-25(3-2-7-34-30)21-13-20-6-8-35-31(20)37-17-21/h3-9,11-12,14,19,25-26,31H,2,10,13,15-16H2,1H3;2-9,11-12,15-18,21,35,37H,10,13-14H2,1H3;2-11,13,15-17,28,36H,12,14H2,1H3,(H,35,37)(H,38,39)/t19-,25?,26?;21-;28-/m110/s1. The molecule has 0 aliphatic heterocycles. The molecule has 18 nitrogen and oxygen atoms in total. The Bertz CT molecular complexity index is 6800. The Kier molecular flexibility index (Phi) is 25.2. The third kappa shape index (κ3) is 19.6. The summed E-state index contributed by atoms with van der Waals surface area (Å²) < 4.78 is 209. The van der Waals surface area contributed by atoms with E-state index in [0.29, 0.717) is 89.5 Å². The second kappa shape index (κ2) is 36.4. The van der Waals surface area contributed by atoms with Crippen molar-refractivity contribution < 1.29 is 79.5 Å². The summed E-state index contributed by atoms with van der Waals surface area (Å²) in [7, 11) is -5.88. The van der Waals surface area contributed by atoms with Crippen molar-refractivity contribution in [3.8, 4) is 33.4 Å². The predicted octanol–water partition coefficient (Wildman–Crippen LogP) is 19.6. The van der Waals surface area contributed by atoms with Crippen LogP contribution in [0.4, 0.5) is 48.3 Å². The number of hydrogen-bond donors (Lipinski definition) is 5. The van der Waals surface area contributed by atoms with E-state index in [0.717, 1.165) is 57.0 Å². The Morgan fingerprint density at radius 2 is 1.08 bits per heavy atom. The normalized spacial score (nSPS) is 14.7. The SMILES string of the molecule is CCS(=O)(=O)c1ccc(-c2cccnc2[C@@H](CC(=O)Cn2nc(C(F)F)c3c2C(F)(F)C2CC32)Cc2cc(F)cc(F)c2)cc1.CNS(=O)(=O)c1cccc(-c2cccnc2[C@@H](CC(=O)Cc2c[nH]c3ccc(F)cc23)Cc2cc(F)cc(F)c2)c1.Cc1cc(F)cc(C[C@H](NC(=O)Cc2c[nH]c3ccc(F)cc23)c2ncccc2-c2cnc3[nH]ccc3c2)c1. The number of carbonyl (C=O) groups is 3. The number of nitrogens with one attached hydrogen (secondary N) is 5. The van der Waals surface area contributed by atoms with Crippen LogP contribution in [0.25, 0.3) is 66.2 Å². The largest absolute Gasteiger partial charge is 0.361 e. The summed E-state index contributed by atoms with van der Waals surface area (Å²) in [5.74, 6) is -12.1. The Balaban J connectivity index is 0.000000145. The van der Waals surface area contributed by atoms with Crippen molar-refractivity contribution in [2.75, 3.05) is 12.8 Å². The third-order valence-corrected chi connectivity index (χ3v) is 25.4. The molecular formula is C94H78F11N11O7S2. The predicted molar refractivity (Wildman–Crippen MR) is 449 cm³/mol. The van der Waals surface area contributed by atoms with Crippen LogP contribution >= 0.6 is 0 Å². The van der Waals surface area contributed by atoms with Crippen LogP contribution in [0.1, 0.15) is 124 Å². The molecule has 8 aromatic heterocycles. The first-order chi connectivity index (χ1) is 59.8. The van der Waals surface area contributed by atoms with Gasteiger partial charge in [0.05, 0.1) is 45.1 Å². The van der Waals surface area contributed by atoms with Crippen molar-refractivity contribution in [2.45, 2.75) is 118 Å². The van der Waals surface area contributed by atoms with Crippen molar-refractivity contribution >= 4 is 70.2 Å². The molecule has 5 N–H and O–H groups in total. The van der Waals surface area contributed by atoms with Crippen molar-refractivity contribution in [3.05, 3.63) is 340 Å². The molecular weight excluding hydrogens is 1670 g/mol. The molecule has 0 bridgehead atoms. The highest BCUT2D eigenvalue weighted by Crippen LogP contribution is 2.68. The van der Waals surface area contributed by atoms with E-state index >= 15 is 8.78 Å². The van der Waals surface area contributed by atoms with Gasteiger partial charge in [-0.25, -0.2) is 66.1 Å². The molecule has 1 amide bonds. The molecule has 5 atom stereocenters. The first kappa shape index (κ1) is 86.8. The number of Topliss-reactive ketones (excluding diaryl/α,β-unsaturated/α-hetero) is 2. The molecule has 2 aliphatic rings. The van der Waals surface area contributed by atoms with Crippen molar-refractivity contribution in [3.63, 3.8) is 0 Å². The van der Waals surface area contributed by atoms with Gasteiger partial charge in [-0.2, -0.15) is 13.9 Å². The van der Waals surface area contributed by atoms with Crippen molar-refractivity contribution in [1.29, 1.82) is 0 Å². The molecule has 0 radical (unpaired) electrons. The molecule has 1 fully saturated rings. The van der Waals surface area contributed by atoms with E-state index in [9.17, 15) is 70.7 Å². The maximum absolute atomic E-state index is 15.1. The van der Waals surface area contributed by atoms with Crippen LogP contribution in [0.5, 0.6) is 0 Å². The molecule has 17 rings (SSSR count). The lowest BCUT2D eigenvalue weighted by Gasteiger charge is -2.22. The number of aromatic nitrogens is 9. The number of alkyl halides is 4. The molecule has 2 aliphatic carbocycles. The van der Waals surface area contributed by atoms with E-state index in [1.165, 1.54) is 93.0 Å². The number of pyridine rings is 4. The quantitative estimate of drug-likeness (QED) is 0.0287. The number of benzene rings is 7. The van der Waals surface area contributed by atoms with Crippen LogP contribution in [0.15, 0.2) is 241 Å². The lowest BCUT2D eigenvalue weighted by Crippen LogP contribution is -2.32. The minimum Gasteiger partial charge on any atom is -0.361 e. The van der Waals surface area contributed by atoms with E-state index in [2.05, 4.69) is 50.0 Å². The summed E-state index contributed by atoms with van der Waals surface area (Å²) in [6, 6.07) is 46.0. The zero-order valence-electron chi connectivity index (χ0n) is 67.0. The number of aryl methyl sites for hydroxylation is 1. The van der Waals surface area contributed by atoms with E-state index in [1.807, 2.05) is 43.5 Å². The van der Waals surface area contributed by atoms with Crippen molar-refractivity contribution in [2.24, 2.45) is 5.92 Å². The Labute approximate surface area is 709 Å². The maximum atomic E-state index is 15.1. The van der Waals surface area contributed by atoms with Gasteiger partial charge in [0.2, 0.25) is 15.9 Å². The molecule has 0 saturated heterocycles. The number of aromatic amines is 3. The fraction of sp³-hybridized carbons (Fsp3) is 0.213. The summed E-state index contributed by atoms with van der Waals surface area (Å²) in [6.45, 7) is 2.65. The fourth-order valence-corrected chi connectivity index (χ4v) is 18.2. The van der Waals surface area contributed by atoms with Crippen LogP contribution in [0, 0.1) is 53.6 Å². The molecule has 1 saturated carbocycles. The van der Waals surface area contributed by atoms with Crippen LogP contribution in [0.3, 0.4) is 0 Å². The summed E-state index contributed by atoms with van der Waals surface area (Å²) in [6.07, 6.45) is 8.70. The number of nitrogens with zero attached hydrogens (tertiary/aromatic N) is 6. The number of amides is 1. The first-order valence-corrected chi connectivity index (χ1v) is 42.9.